The zero-order chi connectivity index (χ0) is 37.0. The van der Waals surface area contributed by atoms with Crippen LogP contribution in [0.3, 0.4) is 0 Å². The highest BCUT2D eigenvalue weighted by atomic mass is 32.1. The van der Waals surface area contributed by atoms with E-state index >= 15 is 0 Å². The summed E-state index contributed by atoms with van der Waals surface area (Å²) in [6.45, 7) is 0. The number of fused-ring (bicyclic) bond motifs is 6. The van der Waals surface area contributed by atoms with Gasteiger partial charge in [-0.1, -0.05) is 152 Å². The van der Waals surface area contributed by atoms with E-state index in [1.165, 1.54) is 51.5 Å². The highest BCUT2D eigenvalue weighted by molar-refractivity contribution is 7.26. The van der Waals surface area contributed by atoms with Gasteiger partial charge in [0.1, 0.15) is 0 Å². The molecule has 0 radical (unpaired) electrons. The van der Waals surface area contributed by atoms with Crippen LogP contribution >= 0.6 is 22.7 Å². The average molecular weight is 750 g/mol. The first-order chi connectivity index (χ1) is 27.7. The SMILES string of the molecule is c1ccc(-c2cccc(-c3nc(-c4ccc(-c5ccc6sc7ccccc7c6c5)cc4)nc(-c4ccc(-c5cccc6sc7ccccc7c56)cc4)n3)c2)cc1. The van der Waals surface area contributed by atoms with Gasteiger partial charge in [0.05, 0.1) is 0 Å². The molecule has 0 atom stereocenters. The van der Waals surface area contributed by atoms with Gasteiger partial charge >= 0.3 is 0 Å². The first kappa shape index (κ1) is 32.6. The Hall–Kier alpha value is -6.79. The van der Waals surface area contributed by atoms with Gasteiger partial charge in [0.2, 0.25) is 0 Å². The molecule has 11 rings (SSSR count). The molecule has 3 heterocycles. The van der Waals surface area contributed by atoms with Gasteiger partial charge in [-0.15, -0.1) is 22.7 Å². The van der Waals surface area contributed by atoms with Crippen LogP contribution in [-0.4, -0.2) is 15.0 Å². The van der Waals surface area contributed by atoms with Gasteiger partial charge in [0.15, 0.2) is 17.5 Å². The summed E-state index contributed by atoms with van der Waals surface area (Å²) in [5, 5.41) is 5.19. The normalized spacial score (nSPS) is 11.6. The molecule has 5 heteroatoms. The van der Waals surface area contributed by atoms with Crippen molar-refractivity contribution in [1.29, 1.82) is 0 Å². The number of rotatable bonds is 6. The van der Waals surface area contributed by atoms with Crippen LogP contribution in [0, 0.1) is 0 Å². The molecule has 262 valence electrons. The van der Waals surface area contributed by atoms with Gasteiger partial charge in [0, 0.05) is 57.0 Å². The fourth-order valence-electron chi connectivity index (χ4n) is 7.76. The van der Waals surface area contributed by atoms with Crippen LogP contribution in [0.2, 0.25) is 0 Å². The Morgan fingerprint density at radius 2 is 0.732 bits per heavy atom. The van der Waals surface area contributed by atoms with Gasteiger partial charge < -0.3 is 0 Å². The minimum absolute atomic E-state index is 0.638. The predicted molar refractivity (Wildman–Crippen MR) is 238 cm³/mol. The quantitative estimate of drug-likeness (QED) is 0.170. The molecule has 0 aliphatic rings. The van der Waals surface area contributed by atoms with Crippen molar-refractivity contribution in [3.63, 3.8) is 0 Å². The van der Waals surface area contributed by atoms with Gasteiger partial charge in [-0.25, -0.2) is 15.0 Å². The van der Waals surface area contributed by atoms with Gasteiger partial charge in [-0.2, -0.15) is 0 Å². The number of benzene rings is 8. The summed E-state index contributed by atoms with van der Waals surface area (Å²) in [5.41, 5.74) is 9.82. The number of thiophene rings is 2. The lowest BCUT2D eigenvalue weighted by Gasteiger charge is -2.11. The molecule has 0 N–H and O–H groups in total. The lowest BCUT2D eigenvalue weighted by molar-refractivity contribution is 1.07. The summed E-state index contributed by atoms with van der Waals surface area (Å²) >= 11 is 3.68. The smallest absolute Gasteiger partial charge is 0.164 e. The molecule has 3 aromatic heterocycles. The van der Waals surface area contributed by atoms with Gasteiger partial charge in [0.25, 0.3) is 0 Å². The molecule has 56 heavy (non-hydrogen) atoms. The zero-order valence-electron chi connectivity index (χ0n) is 30.1. The molecule has 0 saturated carbocycles. The number of nitrogens with zero attached hydrogens (tertiary/aromatic N) is 3. The van der Waals surface area contributed by atoms with E-state index in [1.807, 2.05) is 28.7 Å². The van der Waals surface area contributed by atoms with E-state index < -0.39 is 0 Å². The lowest BCUT2D eigenvalue weighted by atomic mass is 9.98. The van der Waals surface area contributed by atoms with E-state index in [9.17, 15) is 0 Å². The molecular formula is C51H31N3S2. The minimum atomic E-state index is 0.638. The van der Waals surface area contributed by atoms with E-state index in [-0.39, 0.29) is 0 Å². The Morgan fingerprint density at radius 3 is 1.48 bits per heavy atom. The molecule has 0 fully saturated rings. The maximum absolute atomic E-state index is 5.12. The average Bonchev–Trinajstić information content (AvgIpc) is 3.85. The molecule has 8 aromatic carbocycles. The molecule has 0 bridgehead atoms. The molecule has 0 aliphatic heterocycles. The molecule has 0 amide bonds. The summed E-state index contributed by atoms with van der Waals surface area (Å²) in [6, 6.07) is 66.8. The third kappa shape index (κ3) is 5.77. The summed E-state index contributed by atoms with van der Waals surface area (Å²) in [5.74, 6) is 1.92. The second-order valence-corrected chi connectivity index (χ2v) is 16.2. The third-order valence-electron chi connectivity index (χ3n) is 10.6. The highest BCUT2D eigenvalue weighted by Gasteiger charge is 2.16. The fourth-order valence-corrected chi connectivity index (χ4v) is 9.98. The van der Waals surface area contributed by atoms with E-state index in [4.69, 9.17) is 15.0 Å². The largest absolute Gasteiger partial charge is 0.208 e. The summed E-state index contributed by atoms with van der Waals surface area (Å²) in [7, 11) is 0. The molecule has 3 nitrogen and oxygen atoms in total. The van der Waals surface area contributed by atoms with Crippen molar-refractivity contribution in [2.24, 2.45) is 0 Å². The molecule has 0 aliphatic carbocycles. The van der Waals surface area contributed by atoms with E-state index in [0.717, 1.165) is 38.9 Å². The Kier molecular flexibility index (Phi) is 7.87. The van der Waals surface area contributed by atoms with Crippen molar-refractivity contribution in [2.45, 2.75) is 0 Å². The van der Waals surface area contributed by atoms with E-state index in [1.54, 1.807) is 0 Å². The van der Waals surface area contributed by atoms with E-state index in [2.05, 4.69) is 182 Å². The van der Waals surface area contributed by atoms with E-state index in [0.29, 0.717) is 17.5 Å². The minimum Gasteiger partial charge on any atom is -0.208 e. The summed E-state index contributed by atoms with van der Waals surface area (Å²) in [4.78, 5) is 15.3. The third-order valence-corrected chi connectivity index (χ3v) is 12.9. The Morgan fingerprint density at radius 1 is 0.268 bits per heavy atom. The van der Waals surface area contributed by atoms with Crippen molar-refractivity contribution >= 4 is 63.0 Å². The van der Waals surface area contributed by atoms with Gasteiger partial charge in [-0.05, 0) is 69.8 Å². The summed E-state index contributed by atoms with van der Waals surface area (Å²) < 4.78 is 5.22. The standard InChI is InChI=1S/C51H31N3S2/c1-2-10-32(11-3-1)37-12-8-13-39(30-37)51-53-49(35-24-20-33(21-25-35)38-28-29-46-43(31-38)41-14-4-6-17-44(41)55-46)52-50(54-51)36-26-22-34(23-27-36)40-16-9-19-47-48(40)42-15-5-7-18-45(42)56-47/h1-31H. The number of hydrogen-bond donors (Lipinski definition) is 0. The van der Waals surface area contributed by atoms with Crippen molar-refractivity contribution in [2.75, 3.05) is 0 Å². The fraction of sp³-hybridized carbons (Fsp3) is 0. The predicted octanol–water partition coefficient (Wildman–Crippen LogP) is 14.6. The van der Waals surface area contributed by atoms with Crippen molar-refractivity contribution in [1.82, 2.24) is 15.0 Å². The molecule has 11 aromatic rings. The lowest BCUT2D eigenvalue weighted by Crippen LogP contribution is -2.00. The maximum atomic E-state index is 5.12. The Bertz CT molecular complexity index is 3230. The van der Waals surface area contributed by atoms with Crippen molar-refractivity contribution < 1.29 is 0 Å². The Balaban J connectivity index is 0.999. The maximum Gasteiger partial charge on any atom is 0.164 e. The van der Waals surface area contributed by atoms with Crippen LogP contribution in [-0.2, 0) is 0 Å². The second-order valence-electron chi connectivity index (χ2n) is 14.0. The van der Waals surface area contributed by atoms with Crippen LogP contribution in [0.25, 0.3) is 108 Å². The van der Waals surface area contributed by atoms with Crippen LogP contribution in [0.15, 0.2) is 188 Å². The van der Waals surface area contributed by atoms with Crippen LogP contribution in [0.5, 0.6) is 0 Å². The number of aromatic nitrogens is 3. The zero-order valence-corrected chi connectivity index (χ0v) is 31.7. The first-order valence-corrected chi connectivity index (χ1v) is 20.3. The van der Waals surface area contributed by atoms with Gasteiger partial charge in [-0.3, -0.25) is 0 Å². The first-order valence-electron chi connectivity index (χ1n) is 18.7. The Labute approximate surface area is 331 Å². The molecule has 0 unspecified atom stereocenters. The van der Waals surface area contributed by atoms with Crippen molar-refractivity contribution in [3.8, 4) is 67.5 Å². The molecule has 0 spiro atoms. The van der Waals surface area contributed by atoms with Crippen LogP contribution < -0.4 is 0 Å². The van der Waals surface area contributed by atoms with Crippen molar-refractivity contribution in [3.05, 3.63) is 188 Å². The van der Waals surface area contributed by atoms with Crippen LogP contribution in [0.4, 0.5) is 0 Å². The topological polar surface area (TPSA) is 38.7 Å². The molecule has 0 saturated heterocycles. The highest BCUT2D eigenvalue weighted by Crippen LogP contribution is 2.41. The second kappa shape index (κ2) is 13.5. The van der Waals surface area contributed by atoms with Crippen LogP contribution in [0.1, 0.15) is 0 Å². The monoisotopic (exact) mass is 749 g/mol. The molecular weight excluding hydrogens is 719 g/mol. The summed E-state index contributed by atoms with van der Waals surface area (Å²) in [6.07, 6.45) is 0. The number of hydrogen-bond acceptors (Lipinski definition) is 5.